The first kappa shape index (κ1) is 46.0. The van der Waals surface area contributed by atoms with E-state index in [1.54, 1.807) is 12.1 Å². The summed E-state index contributed by atoms with van der Waals surface area (Å²) in [6, 6.07) is 6.77. The van der Waals surface area contributed by atoms with Gasteiger partial charge in [-0.3, -0.25) is 28.8 Å². The molecule has 0 spiro atoms. The summed E-state index contributed by atoms with van der Waals surface area (Å²) in [5.41, 5.74) is 21.3. The molecule has 1 amide bonds. The van der Waals surface area contributed by atoms with E-state index in [0.717, 1.165) is 74.1 Å². The maximum atomic E-state index is 14.2. The van der Waals surface area contributed by atoms with Gasteiger partial charge in [0.15, 0.2) is 5.82 Å². The molecule has 17 nitrogen and oxygen atoms in total. The van der Waals surface area contributed by atoms with E-state index in [2.05, 4.69) is 14.5 Å². The summed E-state index contributed by atoms with van der Waals surface area (Å²) in [7, 11) is -5.04. The van der Waals surface area contributed by atoms with Crippen molar-refractivity contribution in [2.75, 3.05) is 24.7 Å². The molecule has 21 heteroatoms. The average molecular weight is 828 g/mol. The van der Waals surface area contributed by atoms with Gasteiger partial charge in [-0.25, -0.2) is 18.3 Å². The minimum absolute atomic E-state index is 0.272. The number of phosphoric ester groups is 1. The summed E-state index contributed by atoms with van der Waals surface area (Å²) in [6.07, 6.45) is 8.82. The Kier molecular flexibility index (Phi) is 17.9. The SMILES string of the molecule is NCCCC[C@H](N)C(=O)O.NCCCC[C@H](N)C(=O)O.O=C(c1c(F)cccc1F)N(COP(=O)(O)O)c1cnc(-c2cc3oc(C4CC4)cc3cc2Cl)cn1. The Hall–Kier alpha value is -4.43. The van der Waals surface area contributed by atoms with Crippen molar-refractivity contribution in [3.05, 3.63) is 76.8 Å². The first-order valence-corrected chi connectivity index (χ1v) is 19.3. The number of rotatable bonds is 17. The van der Waals surface area contributed by atoms with E-state index < -0.39 is 61.7 Å². The number of nitrogens with two attached hydrogens (primary N) is 4. The second-order valence-corrected chi connectivity index (χ2v) is 14.2. The molecule has 2 aromatic heterocycles. The molecule has 0 radical (unpaired) electrons. The fourth-order valence-electron chi connectivity index (χ4n) is 4.91. The van der Waals surface area contributed by atoms with Gasteiger partial charge in [0.1, 0.15) is 47.4 Å². The standard InChI is InChI=1S/C23H17ClF2N3O6P.2C6H14N2O2/c24-15-6-13-7-19(12-4-5-12)35-20(13)8-14(15)18-9-28-21(10-27-18)29(11-34-36(31,32)33)23(30)22-16(25)2-1-3-17(22)26;2*7-4-2-1-3-5(8)6(9)10/h1-3,6-10,12H,4-5,11H2,(H2,31,32,33);2*5H,1-4,7-8H2,(H,9,10)/t;2*5-/m.00/s1. The van der Waals surface area contributed by atoms with E-state index in [0.29, 0.717) is 58.6 Å². The lowest BCUT2D eigenvalue weighted by atomic mass is 10.1. The molecule has 1 saturated carbocycles. The number of phosphoric acid groups is 1. The van der Waals surface area contributed by atoms with Crippen molar-refractivity contribution in [1.29, 1.82) is 0 Å². The highest BCUT2D eigenvalue weighted by Crippen LogP contribution is 2.43. The first-order valence-electron chi connectivity index (χ1n) is 17.4. The van der Waals surface area contributed by atoms with Crippen LogP contribution in [-0.2, 0) is 18.7 Å². The third-order valence-electron chi connectivity index (χ3n) is 8.15. The third kappa shape index (κ3) is 14.3. The summed E-state index contributed by atoms with van der Waals surface area (Å²) >= 11 is 6.45. The molecule has 2 heterocycles. The zero-order valence-corrected chi connectivity index (χ0v) is 31.7. The number of carboxylic acids is 2. The van der Waals surface area contributed by atoms with Gasteiger partial charge in [0, 0.05) is 16.9 Å². The first-order chi connectivity index (χ1) is 26.5. The molecular formula is C35H45ClF2N7O10P. The van der Waals surface area contributed by atoms with E-state index in [1.807, 2.05) is 6.07 Å². The lowest BCUT2D eigenvalue weighted by Crippen LogP contribution is -2.35. The van der Waals surface area contributed by atoms with Crippen molar-refractivity contribution < 1.29 is 56.7 Å². The second kappa shape index (κ2) is 21.8. The van der Waals surface area contributed by atoms with E-state index in [-0.39, 0.29) is 5.82 Å². The molecule has 0 saturated heterocycles. The van der Waals surface area contributed by atoms with Crippen LogP contribution in [0, 0.1) is 11.6 Å². The van der Waals surface area contributed by atoms with Crippen molar-refractivity contribution in [2.24, 2.45) is 22.9 Å². The summed E-state index contributed by atoms with van der Waals surface area (Å²) < 4.78 is 50.0. The van der Waals surface area contributed by atoms with Crippen LogP contribution in [0.4, 0.5) is 14.6 Å². The molecule has 306 valence electrons. The van der Waals surface area contributed by atoms with Crippen LogP contribution in [0.25, 0.3) is 22.2 Å². The highest BCUT2D eigenvalue weighted by Gasteiger charge is 2.29. The second-order valence-electron chi connectivity index (χ2n) is 12.6. The maximum Gasteiger partial charge on any atom is 0.471 e. The number of furan rings is 1. The Morgan fingerprint density at radius 3 is 1.96 bits per heavy atom. The lowest BCUT2D eigenvalue weighted by Gasteiger charge is -2.22. The highest BCUT2D eigenvalue weighted by atomic mass is 35.5. The molecule has 4 aromatic rings. The Balaban J connectivity index is 0.000000347. The van der Waals surface area contributed by atoms with Gasteiger partial charge < -0.3 is 47.4 Å². The van der Waals surface area contributed by atoms with Gasteiger partial charge in [0.05, 0.1) is 23.1 Å². The molecular weight excluding hydrogens is 783 g/mol. The summed E-state index contributed by atoms with van der Waals surface area (Å²) in [5, 5.41) is 17.9. The number of halogens is 3. The molecule has 12 N–H and O–H groups in total. The Morgan fingerprint density at radius 2 is 1.50 bits per heavy atom. The fraction of sp³-hybridized carbons (Fsp3) is 0.400. The molecule has 0 bridgehead atoms. The fourth-order valence-corrected chi connectivity index (χ4v) is 5.44. The predicted octanol–water partition coefficient (Wildman–Crippen LogP) is 4.47. The molecule has 1 aliphatic rings. The smallest absolute Gasteiger partial charge is 0.471 e. The van der Waals surface area contributed by atoms with Gasteiger partial charge >= 0.3 is 19.8 Å². The Bertz CT molecular complexity index is 1940. The molecule has 56 heavy (non-hydrogen) atoms. The zero-order valence-electron chi connectivity index (χ0n) is 30.1. The number of carbonyl (C=O) groups excluding carboxylic acids is 1. The largest absolute Gasteiger partial charge is 0.480 e. The number of hydrogen-bond donors (Lipinski definition) is 8. The number of anilines is 1. The van der Waals surface area contributed by atoms with E-state index in [9.17, 15) is 27.7 Å². The van der Waals surface area contributed by atoms with Gasteiger partial charge in [-0.2, -0.15) is 0 Å². The maximum absolute atomic E-state index is 14.2. The van der Waals surface area contributed by atoms with Crippen LogP contribution in [0.3, 0.4) is 0 Å². The Morgan fingerprint density at radius 1 is 0.929 bits per heavy atom. The molecule has 2 aromatic carbocycles. The number of aromatic nitrogens is 2. The summed E-state index contributed by atoms with van der Waals surface area (Å²) in [6.45, 7) is 0.159. The van der Waals surface area contributed by atoms with Crippen LogP contribution in [0.2, 0.25) is 5.02 Å². The predicted molar refractivity (Wildman–Crippen MR) is 202 cm³/mol. The van der Waals surface area contributed by atoms with Crippen molar-refractivity contribution in [3.8, 4) is 11.3 Å². The van der Waals surface area contributed by atoms with Crippen LogP contribution in [0.1, 0.15) is 73.4 Å². The monoisotopic (exact) mass is 827 g/mol. The van der Waals surface area contributed by atoms with Crippen LogP contribution >= 0.6 is 19.4 Å². The summed E-state index contributed by atoms with van der Waals surface area (Å²) in [4.78, 5) is 60.2. The molecule has 2 atom stereocenters. The van der Waals surface area contributed by atoms with Gasteiger partial charge in [0.25, 0.3) is 5.91 Å². The Labute approximate surface area is 325 Å². The molecule has 1 aliphatic carbocycles. The minimum Gasteiger partial charge on any atom is -0.480 e. The van der Waals surface area contributed by atoms with Crippen molar-refractivity contribution >= 4 is 54.1 Å². The quantitative estimate of drug-likeness (QED) is 0.0414. The number of aliphatic carboxylic acids is 2. The normalized spacial score (nSPS) is 13.5. The number of amides is 1. The van der Waals surface area contributed by atoms with E-state index >= 15 is 0 Å². The van der Waals surface area contributed by atoms with Gasteiger partial charge in [-0.05, 0) is 81.9 Å². The number of hydrogen-bond acceptors (Lipinski definition) is 12. The topological polar surface area (TPSA) is 305 Å². The molecule has 0 aliphatic heterocycles. The summed E-state index contributed by atoms with van der Waals surface area (Å²) in [5.74, 6) is -4.45. The van der Waals surface area contributed by atoms with E-state index in [4.69, 9.17) is 59.0 Å². The van der Waals surface area contributed by atoms with Crippen LogP contribution in [0.5, 0.6) is 0 Å². The minimum atomic E-state index is -5.04. The van der Waals surface area contributed by atoms with Crippen LogP contribution < -0.4 is 27.8 Å². The number of nitrogens with zero attached hydrogens (tertiary/aromatic N) is 3. The van der Waals surface area contributed by atoms with Crippen LogP contribution in [-0.4, -0.2) is 79.7 Å². The van der Waals surface area contributed by atoms with Gasteiger partial charge in [-0.1, -0.05) is 30.5 Å². The van der Waals surface area contributed by atoms with Gasteiger partial charge in [-0.15, -0.1) is 0 Å². The molecule has 5 rings (SSSR count). The number of benzene rings is 2. The van der Waals surface area contributed by atoms with Crippen molar-refractivity contribution in [1.82, 2.24) is 9.97 Å². The zero-order chi connectivity index (χ0) is 41.6. The number of carbonyl (C=O) groups is 3. The van der Waals surface area contributed by atoms with Crippen molar-refractivity contribution in [3.63, 3.8) is 0 Å². The van der Waals surface area contributed by atoms with Gasteiger partial charge in [0.2, 0.25) is 0 Å². The average Bonchev–Trinajstić information content (AvgIpc) is 3.91. The highest BCUT2D eigenvalue weighted by molar-refractivity contribution is 7.46. The number of carboxylic acid groups (broad SMARTS) is 2. The lowest BCUT2D eigenvalue weighted by molar-refractivity contribution is -0.139. The molecule has 1 fully saturated rings. The van der Waals surface area contributed by atoms with E-state index in [1.165, 1.54) is 6.20 Å². The number of fused-ring (bicyclic) bond motifs is 1. The number of unbranched alkanes of at least 4 members (excludes halogenated alkanes) is 2. The third-order valence-corrected chi connectivity index (χ3v) is 8.91. The van der Waals surface area contributed by atoms with Crippen LogP contribution in [0.15, 0.2) is 53.2 Å². The van der Waals surface area contributed by atoms with Crippen molar-refractivity contribution in [2.45, 2.75) is 69.4 Å². The molecule has 0 unspecified atom stereocenters.